The predicted octanol–water partition coefficient (Wildman–Crippen LogP) is 4.63. The fourth-order valence-corrected chi connectivity index (χ4v) is 4.26. The highest BCUT2D eigenvalue weighted by Crippen LogP contribution is 2.26. The van der Waals surface area contributed by atoms with Crippen LogP contribution in [0.15, 0.2) is 66.7 Å². The number of fused-ring (bicyclic) bond motifs is 1. The number of rotatable bonds is 8. The third kappa shape index (κ3) is 5.55. The molecule has 0 amide bonds. The summed E-state index contributed by atoms with van der Waals surface area (Å²) in [5.41, 5.74) is 4.15. The maximum atomic E-state index is 13.8. The van der Waals surface area contributed by atoms with Gasteiger partial charge in [0, 0.05) is 44.4 Å². The van der Waals surface area contributed by atoms with Crippen LogP contribution in [0.25, 0.3) is 0 Å². The van der Waals surface area contributed by atoms with Gasteiger partial charge in [0.1, 0.15) is 11.6 Å². The molecule has 0 bridgehead atoms. The van der Waals surface area contributed by atoms with Crippen molar-refractivity contribution in [3.63, 3.8) is 0 Å². The molecule has 32 heavy (non-hydrogen) atoms. The molecule has 7 heteroatoms. The summed E-state index contributed by atoms with van der Waals surface area (Å²) < 4.78 is 27.1. The molecule has 1 unspecified atom stereocenters. The number of halogens is 2. The molecular weight excluding hydrogens is 412 g/mol. The van der Waals surface area contributed by atoms with Gasteiger partial charge in [0.2, 0.25) is 0 Å². The van der Waals surface area contributed by atoms with Gasteiger partial charge in [-0.3, -0.25) is 15.0 Å². The van der Waals surface area contributed by atoms with Crippen LogP contribution < -0.4 is 5.32 Å². The topological polar surface area (TPSA) is 58.4 Å². The summed E-state index contributed by atoms with van der Waals surface area (Å²) in [5, 5.41) is 14.3. The number of hydrogen-bond acceptors (Lipinski definition) is 4. The van der Waals surface area contributed by atoms with E-state index in [1.54, 1.807) is 30.3 Å². The molecular formula is C25H25F2N3O2. The van der Waals surface area contributed by atoms with Gasteiger partial charge in [0.25, 0.3) is 5.69 Å². The van der Waals surface area contributed by atoms with Crippen molar-refractivity contribution in [3.8, 4) is 0 Å². The number of benzene rings is 3. The Labute approximate surface area is 185 Å². The van der Waals surface area contributed by atoms with E-state index in [0.29, 0.717) is 13.1 Å². The van der Waals surface area contributed by atoms with Gasteiger partial charge >= 0.3 is 0 Å². The quantitative estimate of drug-likeness (QED) is 0.317. The van der Waals surface area contributed by atoms with E-state index >= 15 is 0 Å². The van der Waals surface area contributed by atoms with Crippen molar-refractivity contribution in [3.05, 3.63) is 111 Å². The van der Waals surface area contributed by atoms with Crippen LogP contribution in [0.2, 0.25) is 0 Å². The second-order valence-corrected chi connectivity index (χ2v) is 8.18. The molecule has 3 aromatic rings. The van der Waals surface area contributed by atoms with E-state index in [4.69, 9.17) is 0 Å². The average Bonchev–Trinajstić information content (AvgIpc) is 2.78. The second-order valence-electron chi connectivity index (χ2n) is 8.18. The minimum absolute atomic E-state index is 0.0866. The largest absolute Gasteiger partial charge is 0.311 e. The van der Waals surface area contributed by atoms with Gasteiger partial charge in [-0.25, -0.2) is 8.78 Å². The Bertz CT molecular complexity index is 1090. The predicted molar refractivity (Wildman–Crippen MR) is 119 cm³/mol. The number of non-ortho nitro benzene ring substituents is 1. The minimum Gasteiger partial charge on any atom is -0.311 e. The van der Waals surface area contributed by atoms with Crippen molar-refractivity contribution < 1.29 is 13.7 Å². The monoisotopic (exact) mass is 437 g/mol. The van der Waals surface area contributed by atoms with Crippen molar-refractivity contribution in [2.45, 2.75) is 32.0 Å². The Morgan fingerprint density at radius 1 is 0.969 bits per heavy atom. The fraction of sp³-hybridized carbons (Fsp3) is 0.280. The highest BCUT2D eigenvalue weighted by Gasteiger charge is 2.26. The van der Waals surface area contributed by atoms with Crippen LogP contribution in [0.1, 0.15) is 22.3 Å². The standard InChI is InChI=1S/C25H25F2N3O2/c26-22-7-4-18(5-8-22)12-25-15-21-14-23(27)9-6-20(21)17-29(25)11-10-28-16-19-2-1-3-24(13-19)30(31)32/h1-9,13-14,25,28H,10-12,15-17H2. The Kier molecular flexibility index (Phi) is 6.87. The molecule has 0 saturated carbocycles. The number of hydrogen-bond donors (Lipinski definition) is 1. The van der Waals surface area contributed by atoms with Gasteiger partial charge < -0.3 is 5.32 Å². The molecule has 0 aliphatic carbocycles. The molecule has 3 aromatic carbocycles. The molecule has 1 aliphatic rings. The summed E-state index contributed by atoms with van der Waals surface area (Å²) in [6.07, 6.45) is 1.48. The van der Waals surface area contributed by atoms with Crippen LogP contribution in [-0.2, 0) is 25.9 Å². The van der Waals surface area contributed by atoms with Crippen molar-refractivity contribution in [1.29, 1.82) is 0 Å². The highest BCUT2D eigenvalue weighted by atomic mass is 19.1. The third-order valence-electron chi connectivity index (χ3n) is 5.92. The first kappa shape index (κ1) is 22.0. The number of nitrogens with zero attached hydrogens (tertiary/aromatic N) is 2. The number of nitro groups is 1. The fourth-order valence-electron chi connectivity index (χ4n) is 4.26. The number of nitrogens with one attached hydrogen (secondary N) is 1. The summed E-state index contributed by atoms with van der Waals surface area (Å²) in [6.45, 7) is 2.75. The lowest BCUT2D eigenvalue weighted by atomic mass is 9.90. The molecule has 0 saturated heterocycles. The van der Waals surface area contributed by atoms with E-state index in [2.05, 4.69) is 10.2 Å². The third-order valence-corrected chi connectivity index (χ3v) is 5.92. The van der Waals surface area contributed by atoms with Gasteiger partial charge in [0.15, 0.2) is 0 Å². The molecule has 4 rings (SSSR count). The molecule has 1 aliphatic heterocycles. The molecule has 1 N–H and O–H groups in total. The van der Waals surface area contributed by atoms with Gasteiger partial charge in [-0.2, -0.15) is 0 Å². The second kappa shape index (κ2) is 9.97. The summed E-state index contributed by atoms with van der Waals surface area (Å²) in [4.78, 5) is 12.9. The van der Waals surface area contributed by atoms with E-state index in [1.807, 2.05) is 12.1 Å². The van der Waals surface area contributed by atoms with Gasteiger partial charge in [0.05, 0.1) is 4.92 Å². The van der Waals surface area contributed by atoms with Crippen LogP contribution in [-0.4, -0.2) is 29.0 Å². The highest BCUT2D eigenvalue weighted by molar-refractivity contribution is 5.34. The van der Waals surface area contributed by atoms with Crippen molar-refractivity contribution in [1.82, 2.24) is 10.2 Å². The lowest BCUT2D eigenvalue weighted by Gasteiger charge is -2.37. The maximum absolute atomic E-state index is 13.8. The molecule has 0 aromatic heterocycles. The van der Waals surface area contributed by atoms with Gasteiger partial charge in [-0.05, 0) is 59.4 Å². The molecule has 0 spiro atoms. The van der Waals surface area contributed by atoms with E-state index in [1.165, 1.54) is 24.3 Å². The summed E-state index contributed by atoms with van der Waals surface area (Å²) in [6, 6.07) is 18.3. The smallest absolute Gasteiger partial charge is 0.269 e. The minimum atomic E-state index is -0.391. The van der Waals surface area contributed by atoms with Gasteiger partial charge in [-0.15, -0.1) is 0 Å². The van der Waals surface area contributed by atoms with Crippen LogP contribution >= 0.6 is 0 Å². The Hall–Kier alpha value is -3.16. The summed E-state index contributed by atoms with van der Waals surface area (Å²) in [7, 11) is 0. The molecule has 1 atom stereocenters. The SMILES string of the molecule is O=[N+]([O-])c1cccc(CNCCN2Cc3ccc(F)cc3CC2Cc2ccc(F)cc2)c1. The van der Waals surface area contributed by atoms with Gasteiger partial charge in [-0.1, -0.05) is 30.3 Å². The first-order valence-corrected chi connectivity index (χ1v) is 10.7. The Morgan fingerprint density at radius 3 is 2.53 bits per heavy atom. The lowest BCUT2D eigenvalue weighted by Crippen LogP contribution is -2.44. The zero-order valence-electron chi connectivity index (χ0n) is 17.6. The van der Waals surface area contributed by atoms with Crippen LogP contribution in [0.5, 0.6) is 0 Å². The molecule has 0 radical (unpaired) electrons. The van der Waals surface area contributed by atoms with E-state index < -0.39 is 4.92 Å². The number of nitro benzene ring substituents is 1. The first-order valence-electron chi connectivity index (χ1n) is 10.7. The zero-order valence-corrected chi connectivity index (χ0v) is 17.6. The van der Waals surface area contributed by atoms with E-state index in [0.717, 1.165) is 48.2 Å². The molecule has 166 valence electrons. The van der Waals surface area contributed by atoms with E-state index in [-0.39, 0.29) is 23.4 Å². The van der Waals surface area contributed by atoms with Crippen LogP contribution in [0, 0.1) is 21.7 Å². The molecule has 1 heterocycles. The Morgan fingerprint density at radius 2 is 1.75 bits per heavy atom. The zero-order chi connectivity index (χ0) is 22.5. The lowest BCUT2D eigenvalue weighted by molar-refractivity contribution is -0.384. The van der Waals surface area contributed by atoms with Crippen LogP contribution in [0.4, 0.5) is 14.5 Å². The van der Waals surface area contributed by atoms with Crippen molar-refractivity contribution >= 4 is 5.69 Å². The Balaban J connectivity index is 1.41. The summed E-state index contributed by atoms with van der Waals surface area (Å²) in [5.74, 6) is -0.483. The average molecular weight is 437 g/mol. The maximum Gasteiger partial charge on any atom is 0.269 e. The normalized spacial score (nSPS) is 16.0. The molecule has 5 nitrogen and oxygen atoms in total. The van der Waals surface area contributed by atoms with Crippen LogP contribution in [0.3, 0.4) is 0 Å². The van der Waals surface area contributed by atoms with E-state index in [9.17, 15) is 18.9 Å². The summed E-state index contributed by atoms with van der Waals surface area (Å²) >= 11 is 0. The van der Waals surface area contributed by atoms with Crippen molar-refractivity contribution in [2.24, 2.45) is 0 Å². The molecule has 0 fully saturated rings. The van der Waals surface area contributed by atoms with Crippen molar-refractivity contribution in [2.75, 3.05) is 13.1 Å². The first-order chi connectivity index (χ1) is 15.5.